The zero-order chi connectivity index (χ0) is 14.0. The second kappa shape index (κ2) is 5.10. The van der Waals surface area contributed by atoms with Gasteiger partial charge < -0.3 is 0 Å². The van der Waals surface area contributed by atoms with Crippen molar-refractivity contribution in [3.8, 4) is 0 Å². The highest BCUT2D eigenvalue weighted by atomic mass is 35.5. The molecule has 0 unspecified atom stereocenters. The molecule has 1 N–H and O–H groups in total. The maximum absolute atomic E-state index is 13.4. The van der Waals surface area contributed by atoms with E-state index in [-0.39, 0.29) is 10.8 Å². The van der Waals surface area contributed by atoms with Crippen molar-refractivity contribution in [3.63, 3.8) is 0 Å². The third-order valence-electron chi connectivity index (χ3n) is 2.14. The molecule has 0 fully saturated rings. The van der Waals surface area contributed by atoms with Gasteiger partial charge in [0.1, 0.15) is 22.3 Å². The molecule has 0 spiro atoms. The Morgan fingerprint density at radius 3 is 2.58 bits per heavy atom. The lowest BCUT2D eigenvalue weighted by Gasteiger charge is -2.08. The number of hydrogen-bond donors (Lipinski definition) is 1. The average molecular weight is 305 g/mol. The molecule has 19 heavy (non-hydrogen) atoms. The normalized spacial score (nSPS) is 11.3. The highest BCUT2D eigenvalue weighted by molar-refractivity contribution is 7.92. The highest BCUT2D eigenvalue weighted by Crippen LogP contribution is 2.20. The summed E-state index contributed by atoms with van der Waals surface area (Å²) in [6, 6.07) is 4.84. The minimum absolute atomic E-state index is 0.0869. The van der Waals surface area contributed by atoms with Gasteiger partial charge in [-0.15, -0.1) is 0 Å². The van der Waals surface area contributed by atoms with E-state index in [0.717, 1.165) is 12.1 Å². The Hall–Kier alpha value is -1.73. The summed E-state index contributed by atoms with van der Waals surface area (Å²) in [5.41, 5.74) is 0. The molecule has 0 bridgehead atoms. The number of nitrogens with zero attached hydrogens (tertiary/aromatic N) is 1. The average Bonchev–Trinajstić information content (AvgIpc) is 2.31. The Morgan fingerprint density at radius 1 is 1.16 bits per heavy atom. The predicted molar refractivity (Wildman–Crippen MR) is 66.4 cm³/mol. The van der Waals surface area contributed by atoms with E-state index in [1.54, 1.807) is 0 Å². The van der Waals surface area contributed by atoms with Crippen LogP contribution in [0.1, 0.15) is 0 Å². The highest BCUT2D eigenvalue weighted by Gasteiger charge is 2.20. The third-order valence-corrected chi connectivity index (χ3v) is 3.75. The van der Waals surface area contributed by atoms with Gasteiger partial charge in [0.05, 0.1) is 0 Å². The first-order valence-electron chi connectivity index (χ1n) is 4.98. The number of sulfonamides is 1. The molecule has 1 aromatic carbocycles. The molecule has 0 atom stereocenters. The number of pyridine rings is 1. The summed E-state index contributed by atoms with van der Waals surface area (Å²) >= 11 is 5.67. The number of hydrogen-bond acceptors (Lipinski definition) is 3. The predicted octanol–water partition coefficient (Wildman–Crippen LogP) is 2.81. The van der Waals surface area contributed by atoms with Crippen LogP contribution in [0.3, 0.4) is 0 Å². The van der Waals surface area contributed by atoms with Crippen LogP contribution in [0.25, 0.3) is 0 Å². The van der Waals surface area contributed by atoms with Crippen molar-refractivity contribution >= 4 is 27.4 Å². The molecule has 100 valence electrons. The van der Waals surface area contributed by atoms with E-state index >= 15 is 0 Å². The van der Waals surface area contributed by atoms with Gasteiger partial charge in [-0.25, -0.2) is 22.2 Å². The fraction of sp³-hybridized carbons (Fsp3) is 0. The summed E-state index contributed by atoms with van der Waals surface area (Å²) in [4.78, 5) is 2.91. The van der Waals surface area contributed by atoms with Crippen molar-refractivity contribution in [2.45, 2.75) is 4.90 Å². The van der Waals surface area contributed by atoms with Crippen LogP contribution in [0.2, 0.25) is 5.02 Å². The fourth-order valence-corrected chi connectivity index (χ4v) is 2.59. The van der Waals surface area contributed by atoms with Crippen molar-refractivity contribution in [1.29, 1.82) is 0 Å². The van der Waals surface area contributed by atoms with Crippen molar-refractivity contribution in [2.24, 2.45) is 0 Å². The van der Waals surface area contributed by atoms with E-state index < -0.39 is 26.6 Å². The Labute approximate surface area is 113 Å². The van der Waals surface area contributed by atoms with Crippen molar-refractivity contribution < 1.29 is 17.2 Å². The lowest BCUT2D eigenvalue weighted by Crippen LogP contribution is -2.15. The van der Waals surface area contributed by atoms with Crippen LogP contribution in [0.5, 0.6) is 0 Å². The molecule has 2 rings (SSSR count). The van der Waals surface area contributed by atoms with Gasteiger partial charge in [0, 0.05) is 17.3 Å². The molecular formula is C11H7ClF2N2O2S. The summed E-state index contributed by atoms with van der Waals surface area (Å²) in [6.45, 7) is 0. The van der Waals surface area contributed by atoms with Crippen LogP contribution in [-0.4, -0.2) is 13.4 Å². The molecule has 1 heterocycles. The van der Waals surface area contributed by atoms with Crippen LogP contribution in [0, 0.1) is 11.6 Å². The quantitative estimate of drug-likeness (QED) is 0.948. The molecule has 2 aromatic rings. The molecule has 8 heteroatoms. The molecule has 4 nitrogen and oxygen atoms in total. The first kappa shape index (κ1) is 13.7. The Morgan fingerprint density at radius 2 is 1.89 bits per heavy atom. The molecule has 0 saturated carbocycles. The maximum Gasteiger partial charge on any atom is 0.266 e. The van der Waals surface area contributed by atoms with E-state index in [1.807, 2.05) is 4.72 Å². The van der Waals surface area contributed by atoms with Gasteiger partial charge >= 0.3 is 0 Å². The molecule has 0 saturated heterocycles. The second-order valence-electron chi connectivity index (χ2n) is 3.54. The monoisotopic (exact) mass is 304 g/mol. The smallest absolute Gasteiger partial charge is 0.263 e. The van der Waals surface area contributed by atoms with Gasteiger partial charge in [0.2, 0.25) is 0 Å². The lowest BCUT2D eigenvalue weighted by molar-refractivity contribution is 0.555. The van der Waals surface area contributed by atoms with Gasteiger partial charge in [-0.1, -0.05) is 11.6 Å². The molecule has 1 aromatic heterocycles. The minimum Gasteiger partial charge on any atom is -0.263 e. The number of aromatic nitrogens is 1. The van der Waals surface area contributed by atoms with Crippen LogP contribution in [-0.2, 0) is 10.0 Å². The summed E-state index contributed by atoms with van der Waals surface area (Å²) < 4.78 is 52.2. The second-order valence-corrected chi connectivity index (χ2v) is 5.63. The van der Waals surface area contributed by atoms with E-state index in [2.05, 4.69) is 4.98 Å². The van der Waals surface area contributed by atoms with Gasteiger partial charge in [0.25, 0.3) is 10.0 Å². The van der Waals surface area contributed by atoms with E-state index in [9.17, 15) is 17.2 Å². The fourth-order valence-electron chi connectivity index (χ4n) is 1.34. The number of anilines is 1. The van der Waals surface area contributed by atoms with E-state index in [4.69, 9.17) is 11.6 Å². The number of nitrogens with one attached hydrogen (secondary N) is 1. The minimum atomic E-state index is -4.27. The van der Waals surface area contributed by atoms with Gasteiger partial charge in [0.15, 0.2) is 0 Å². The molecule has 0 aliphatic rings. The summed E-state index contributed by atoms with van der Waals surface area (Å²) in [7, 11) is -4.27. The van der Waals surface area contributed by atoms with Crippen molar-refractivity contribution in [3.05, 3.63) is 53.2 Å². The molecular weight excluding hydrogens is 298 g/mol. The zero-order valence-electron chi connectivity index (χ0n) is 9.27. The van der Waals surface area contributed by atoms with Crippen molar-refractivity contribution in [2.75, 3.05) is 4.72 Å². The topological polar surface area (TPSA) is 59.1 Å². The molecule has 0 aliphatic carbocycles. The van der Waals surface area contributed by atoms with E-state index in [0.29, 0.717) is 6.07 Å². The maximum atomic E-state index is 13.4. The largest absolute Gasteiger partial charge is 0.266 e. The molecule has 0 radical (unpaired) electrons. The number of halogens is 3. The lowest BCUT2D eigenvalue weighted by atomic mass is 10.3. The van der Waals surface area contributed by atoms with Crippen LogP contribution in [0.15, 0.2) is 41.4 Å². The van der Waals surface area contributed by atoms with Gasteiger partial charge in [-0.3, -0.25) is 4.72 Å². The molecule has 0 amide bonds. The van der Waals surface area contributed by atoms with Crippen LogP contribution in [0.4, 0.5) is 14.6 Å². The third kappa shape index (κ3) is 3.18. The number of rotatable bonds is 3. The Bertz CT molecular complexity index is 722. The zero-order valence-corrected chi connectivity index (χ0v) is 10.8. The van der Waals surface area contributed by atoms with Crippen LogP contribution >= 0.6 is 11.6 Å². The van der Waals surface area contributed by atoms with Gasteiger partial charge in [-0.2, -0.15) is 0 Å². The first-order valence-corrected chi connectivity index (χ1v) is 6.84. The Kier molecular flexibility index (Phi) is 3.68. The summed E-state index contributed by atoms with van der Waals surface area (Å²) in [5, 5.41) is 0.257. The van der Waals surface area contributed by atoms with Crippen molar-refractivity contribution in [1.82, 2.24) is 4.98 Å². The van der Waals surface area contributed by atoms with E-state index in [1.165, 1.54) is 18.3 Å². The van der Waals surface area contributed by atoms with Crippen LogP contribution < -0.4 is 4.72 Å². The SMILES string of the molecule is O=S(=O)(Nc1cc(Cl)ccn1)c1cc(F)ccc1F. The summed E-state index contributed by atoms with van der Waals surface area (Å²) in [5.74, 6) is -2.01. The molecule has 0 aliphatic heterocycles. The number of benzene rings is 1. The Balaban J connectivity index is 2.40. The van der Waals surface area contributed by atoms with Gasteiger partial charge in [-0.05, 0) is 24.3 Å². The standard InChI is InChI=1S/C11H7ClF2N2O2S/c12-7-3-4-15-11(5-7)16-19(17,18)10-6-8(13)1-2-9(10)14/h1-6H,(H,15,16). The first-order chi connectivity index (χ1) is 8.88. The summed E-state index contributed by atoms with van der Waals surface area (Å²) in [6.07, 6.45) is 1.28.